The Morgan fingerprint density at radius 1 is 1.39 bits per heavy atom. The lowest BCUT2D eigenvalue weighted by molar-refractivity contribution is -0.140. The number of imidazole rings is 1. The summed E-state index contributed by atoms with van der Waals surface area (Å²) in [6.07, 6.45) is 8.62. The Hall–Kier alpha value is -1.36. The van der Waals surface area contributed by atoms with Gasteiger partial charge in [-0.1, -0.05) is 13.8 Å². The second kappa shape index (κ2) is 5.93. The van der Waals surface area contributed by atoms with Gasteiger partial charge in [-0.2, -0.15) is 0 Å². The smallest absolute Gasteiger partial charge is 0.223 e. The number of amides is 1. The summed E-state index contributed by atoms with van der Waals surface area (Å²) in [5.74, 6) is 2.00. The minimum absolute atomic E-state index is 0.145. The van der Waals surface area contributed by atoms with Crippen molar-refractivity contribution in [2.75, 3.05) is 20.2 Å². The largest absolute Gasteiger partial charge is 0.370 e. The molecule has 1 aromatic heterocycles. The highest BCUT2D eigenvalue weighted by Gasteiger charge is 2.43. The molecule has 1 saturated heterocycles. The molecule has 0 radical (unpaired) electrons. The first-order valence-electron chi connectivity index (χ1n) is 8.69. The van der Waals surface area contributed by atoms with Crippen molar-refractivity contribution in [3.8, 4) is 0 Å². The predicted molar refractivity (Wildman–Crippen MR) is 88.8 cm³/mol. The Bertz CT molecular complexity index is 567. The van der Waals surface area contributed by atoms with E-state index < -0.39 is 0 Å². The maximum Gasteiger partial charge on any atom is 0.223 e. The fraction of sp³-hybridized carbons (Fsp3) is 0.778. The van der Waals surface area contributed by atoms with Gasteiger partial charge in [0.1, 0.15) is 11.4 Å². The normalized spacial score (nSPS) is 21.5. The number of nitrogens with zero attached hydrogens (tertiary/aromatic N) is 3. The van der Waals surface area contributed by atoms with Crippen LogP contribution >= 0.6 is 0 Å². The van der Waals surface area contributed by atoms with Crippen LogP contribution in [0.5, 0.6) is 0 Å². The first-order valence-corrected chi connectivity index (χ1v) is 8.69. The van der Waals surface area contributed by atoms with E-state index in [0.29, 0.717) is 12.3 Å². The van der Waals surface area contributed by atoms with Gasteiger partial charge >= 0.3 is 0 Å². The molecule has 0 unspecified atom stereocenters. The zero-order valence-corrected chi connectivity index (χ0v) is 14.8. The van der Waals surface area contributed by atoms with Gasteiger partial charge in [-0.3, -0.25) is 4.79 Å². The maximum atomic E-state index is 12.7. The number of rotatable bonds is 5. The Morgan fingerprint density at radius 2 is 2.04 bits per heavy atom. The van der Waals surface area contributed by atoms with Gasteiger partial charge < -0.3 is 14.2 Å². The molecule has 2 aliphatic rings. The van der Waals surface area contributed by atoms with Crippen LogP contribution in [0.1, 0.15) is 51.8 Å². The van der Waals surface area contributed by atoms with Crippen molar-refractivity contribution in [3.63, 3.8) is 0 Å². The zero-order valence-electron chi connectivity index (χ0n) is 14.8. The van der Waals surface area contributed by atoms with E-state index in [1.54, 1.807) is 7.11 Å². The van der Waals surface area contributed by atoms with Gasteiger partial charge in [-0.05, 0) is 24.2 Å². The van der Waals surface area contributed by atoms with Gasteiger partial charge in [0.15, 0.2) is 0 Å². The summed E-state index contributed by atoms with van der Waals surface area (Å²) in [4.78, 5) is 19.2. The number of hydrogen-bond acceptors (Lipinski definition) is 3. The average molecular weight is 319 g/mol. The summed E-state index contributed by atoms with van der Waals surface area (Å²) in [6.45, 7) is 5.97. The van der Waals surface area contributed by atoms with Crippen molar-refractivity contribution in [3.05, 3.63) is 18.2 Å². The Labute approximate surface area is 139 Å². The molecule has 1 amide bonds. The van der Waals surface area contributed by atoms with Crippen molar-refractivity contribution in [2.24, 2.45) is 18.4 Å². The average Bonchev–Trinajstić information content (AvgIpc) is 3.30. The number of likely N-dealkylation sites (tertiary alicyclic amines) is 1. The van der Waals surface area contributed by atoms with Gasteiger partial charge in [0.2, 0.25) is 5.91 Å². The van der Waals surface area contributed by atoms with Crippen LogP contribution in [0.25, 0.3) is 0 Å². The van der Waals surface area contributed by atoms with E-state index in [2.05, 4.69) is 18.8 Å². The molecule has 1 saturated carbocycles. The monoisotopic (exact) mass is 319 g/mol. The zero-order chi connectivity index (χ0) is 16.7. The molecular formula is C18H29N3O2. The van der Waals surface area contributed by atoms with E-state index in [9.17, 15) is 4.79 Å². The van der Waals surface area contributed by atoms with E-state index in [-0.39, 0.29) is 11.0 Å². The summed E-state index contributed by atoms with van der Waals surface area (Å²) in [5.41, 5.74) is -0.215. The second-order valence-corrected chi connectivity index (χ2v) is 7.88. The lowest BCUT2D eigenvalue weighted by Crippen LogP contribution is -2.48. The fourth-order valence-corrected chi connectivity index (χ4v) is 3.95. The third-order valence-electron chi connectivity index (χ3n) is 5.83. The Morgan fingerprint density at radius 3 is 2.52 bits per heavy atom. The quantitative estimate of drug-likeness (QED) is 0.838. The molecule has 2 heterocycles. The van der Waals surface area contributed by atoms with Crippen LogP contribution in [0.2, 0.25) is 0 Å². The second-order valence-electron chi connectivity index (χ2n) is 7.88. The van der Waals surface area contributed by atoms with Crippen molar-refractivity contribution >= 4 is 5.91 Å². The first kappa shape index (κ1) is 16.5. The molecule has 23 heavy (non-hydrogen) atoms. The van der Waals surface area contributed by atoms with Crippen molar-refractivity contribution in [1.82, 2.24) is 14.5 Å². The van der Waals surface area contributed by atoms with Crippen LogP contribution in [-0.4, -0.2) is 40.6 Å². The lowest BCUT2D eigenvalue weighted by Gasteiger charge is -2.41. The first-order chi connectivity index (χ1) is 10.9. The number of hydrogen-bond donors (Lipinski definition) is 0. The summed E-state index contributed by atoms with van der Waals surface area (Å²) >= 11 is 0. The minimum atomic E-state index is -0.360. The number of aromatic nitrogens is 2. The Kier molecular flexibility index (Phi) is 4.25. The summed E-state index contributed by atoms with van der Waals surface area (Å²) in [7, 11) is 3.75. The summed E-state index contributed by atoms with van der Waals surface area (Å²) in [6, 6.07) is 0. The van der Waals surface area contributed by atoms with E-state index in [0.717, 1.165) is 37.7 Å². The SMILES string of the molecule is COC1(c2nccn2C)CCN(C(=O)CC(C)(C)C2CC2)CC1. The number of piperidine rings is 1. The number of methoxy groups -OCH3 is 1. The Balaban J connectivity index is 1.63. The molecule has 3 rings (SSSR count). The molecule has 1 aliphatic carbocycles. The van der Waals surface area contributed by atoms with Crippen LogP contribution in [-0.2, 0) is 22.2 Å². The molecule has 0 aromatic carbocycles. The highest BCUT2D eigenvalue weighted by atomic mass is 16.5. The highest BCUT2D eigenvalue weighted by Crippen LogP contribution is 2.47. The summed E-state index contributed by atoms with van der Waals surface area (Å²) < 4.78 is 7.88. The third kappa shape index (κ3) is 3.16. The van der Waals surface area contributed by atoms with Gasteiger partial charge in [0.05, 0.1) is 0 Å². The van der Waals surface area contributed by atoms with Crippen LogP contribution < -0.4 is 0 Å². The lowest BCUT2D eigenvalue weighted by atomic mass is 9.82. The number of carbonyl (C=O) groups excluding carboxylic acids is 1. The topological polar surface area (TPSA) is 47.4 Å². The molecule has 1 aromatic rings. The standard InChI is InChI=1S/C18H29N3O2/c1-17(2,14-5-6-14)13-15(22)21-10-7-18(23-4,8-11-21)16-19-9-12-20(16)3/h9,12,14H,5-8,10-11,13H2,1-4H3. The van der Waals surface area contributed by atoms with E-state index in [4.69, 9.17) is 4.74 Å². The van der Waals surface area contributed by atoms with E-state index in [1.807, 2.05) is 28.9 Å². The molecule has 0 spiro atoms. The van der Waals surface area contributed by atoms with Crippen LogP contribution in [0.3, 0.4) is 0 Å². The van der Waals surface area contributed by atoms with Crippen molar-refractivity contribution in [2.45, 2.75) is 51.6 Å². The van der Waals surface area contributed by atoms with E-state index >= 15 is 0 Å². The number of aryl methyl sites for hydroxylation is 1. The predicted octanol–water partition coefficient (Wildman–Crippen LogP) is 2.71. The van der Waals surface area contributed by atoms with Gasteiger partial charge in [-0.25, -0.2) is 4.98 Å². The molecule has 2 fully saturated rings. The van der Waals surface area contributed by atoms with Crippen molar-refractivity contribution in [1.29, 1.82) is 0 Å². The van der Waals surface area contributed by atoms with Crippen LogP contribution in [0.4, 0.5) is 0 Å². The molecule has 0 bridgehead atoms. The molecule has 1 aliphatic heterocycles. The highest BCUT2D eigenvalue weighted by molar-refractivity contribution is 5.77. The third-order valence-corrected chi connectivity index (χ3v) is 5.83. The minimum Gasteiger partial charge on any atom is -0.370 e. The fourth-order valence-electron chi connectivity index (χ4n) is 3.95. The molecule has 0 N–H and O–H groups in total. The van der Waals surface area contributed by atoms with Crippen LogP contribution in [0, 0.1) is 11.3 Å². The molecule has 5 nitrogen and oxygen atoms in total. The number of carbonyl (C=O) groups is 1. The maximum absolute atomic E-state index is 12.7. The summed E-state index contributed by atoms with van der Waals surface area (Å²) in [5, 5.41) is 0. The molecule has 0 atom stereocenters. The van der Waals surface area contributed by atoms with Gasteiger partial charge in [-0.15, -0.1) is 0 Å². The molecular weight excluding hydrogens is 290 g/mol. The van der Waals surface area contributed by atoms with Crippen LogP contribution in [0.15, 0.2) is 12.4 Å². The van der Waals surface area contributed by atoms with Crippen molar-refractivity contribution < 1.29 is 9.53 Å². The van der Waals surface area contributed by atoms with E-state index in [1.165, 1.54) is 12.8 Å². The number of ether oxygens (including phenoxy) is 1. The van der Waals surface area contributed by atoms with Gasteiger partial charge in [0, 0.05) is 58.9 Å². The molecule has 128 valence electrons. The molecule has 5 heteroatoms. The van der Waals surface area contributed by atoms with Gasteiger partial charge in [0.25, 0.3) is 0 Å².